The Labute approximate surface area is 94.7 Å². The number of rotatable bonds is 4. The third-order valence-electron chi connectivity index (χ3n) is 2.85. The smallest absolute Gasteiger partial charge is 0.101 e. The molecule has 0 amide bonds. The summed E-state index contributed by atoms with van der Waals surface area (Å²) in [6.45, 7) is 0.538. The monoisotopic (exact) mass is 217 g/mol. The lowest BCUT2D eigenvalue weighted by Crippen LogP contribution is -2.21. The van der Waals surface area contributed by atoms with Gasteiger partial charge in [0.15, 0.2) is 0 Å². The Morgan fingerprint density at radius 3 is 2.88 bits per heavy atom. The van der Waals surface area contributed by atoms with E-state index in [4.69, 9.17) is 11.0 Å². The van der Waals surface area contributed by atoms with E-state index in [0.717, 1.165) is 18.5 Å². The number of hydrogen-bond acceptors (Lipinski definition) is 4. The van der Waals surface area contributed by atoms with Gasteiger partial charge in [-0.25, -0.2) is 0 Å². The molecule has 0 aromatic heterocycles. The highest BCUT2D eigenvalue weighted by atomic mass is 16.3. The van der Waals surface area contributed by atoms with Crippen LogP contribution in [0.1, 0.15) is 18.4 Å². The van der Waals surface area contributed by atoms with Crippen molar-refractivity contribution in [3.63, 3.8) is 0 Å². The normalized spacial score (nSPS) is 16.5. The number of nitriles is 1. The van der Waals surface area contributed by atoms with E-state index in [9.17, 15) is 5.11 Å². The molecule has 4 heteroatoms. The average Bonchev–Trinajstić information content (AvgIpc) is 3.10. The van der Waals surface area contributed by atoms with E-state index in [2.05, 4.69) is 5.32 Å². The van der Waals surface area contributed by atoms with Crippen molar-refractivity contribution < 1.29 is 5.11 Å². The van der Waals surface area contributed by atoms with Crippen molar-refractivity contribution in [3.05, 3.63) is 23.8 Å². The number of aliphatic hydroxyl groups is 1. The molecule has 4 N–H and O–H groups in total. The minimum atomic E-state index is -0.281. The molecule has 1 aliphatic carbocycles. The number of anilines is 2. The summed E-state index contributed by atoms with van der Waals surface area (Å²) in [6, 6.07) is 7.22. The Balaban J connectivity index is 1.94. The number of nitrogens with one attached hydrogen (secondary N) is 1. The molecule has 0 heterocycles. The van der Waals surface area contributed by atoms with Crippen molar-refractivity contribution in [2.75, 3.05) is 17.6 Å². The first kappa shape index (κ1) is 10.8. The Kier molecular flexibility index (Phi) is 2.97. The second kappa shape index (κ2) is 4.42. The molecule has 1 saturated carbocycles. The summed E-state index contributed by atoms with van der Waals surface area (Å²) in [4.78, 5) is 0. The van der Waals surface area contributed by atoms with Crippen LogP contribution >= 0.6 is 0 Å². The molecule has 16 heavy (non-hydrogen) atoms. The number of aliphatic hydroxyl groups excluding tert-OH is 1. The quantitative estimate of drug-likeness (QED) is 0.664. The highest BCUT2D eigenvalue weighted by molar-refractivity contribution is 5.62. The second-order valence-electron chi connectivity index (χ2n) is 4.20. The zero-order valence-electron chi connectivity index (χ0n) is 8.98. The molecule has 84 valence electrons. The van der Waals surface area contributed by atoms with Crippen LogP contribution in [0.5, 0.6) is 0 Å². The maximum atomic E-state index is 9.67. The molecule has 0 aliphatic heterocycles. The Morgan fingerprint density at radius 2 is 2.31 bits per heavy atom. The van der Waals surface area contributed by atoms with Gasteiger partial charge in [-0.1, -0.05) is 0 Å². The third-order valence-corrected chi connectivity index (χ3v) is 2.85. The molecule has 0 saturated heterocycles. The van der Waals surface area contributed by atoms with Crippen molar-refractivity contribution >= 4 is 11.4 Å². The predicted octanol–water partition coefficient (Wildman–Crippen LogP) is 1.32. The highest BCUT2D eigenvalue weighted by Crippen LogP contribution is 2.32. The summed E-state index contributed by atoms with van der Waals surface area (Å²) in [5, 5.41) is 21.5. The van der Waals surface area contributed by atoms with Crippen molar-refractivity contribution in [2.45, 2.75) is 18.9 Å². The zero-order chi connectivity index (χ0) is 11.5. The zero-order valence-corrected chi connectivity index (χ0v) is 8.98. The fourth-order valence-corrected chi connectivity index (χ4v) is 1.64. The molecule has 1 unspecified atom stereocenters. The summed E-state index contributed by atoms with van der Waals surface area (Å²) in [7, 11) is 0. The van der Waals surface area contributed by atoms with Crippen molar-refractivity contribution in [1.82, 2.24) is 0 Å². The van der Waals surface area contributed by atoms with Crippen LogP contribution in [0.25, 0.3) is 0 Å². The third kappa shape index (κ3) is 2.44. The van der Waals surface area contributed by atoms with Crippen LogP contribution in [0, 0.1) is 17.2 Å². The van der Waals surface area contributed by atoms with Gasteiger partial charge in [-0.15, -0.1) is 0 Å². The molecular weight excluding hydrogens is 202 g/mol. The fraction of sp³-hybridized carbons (Fsp3) is 0.417. The molecule has 0 bridgehead atoms. The standard InChI is InChI=1S/C12H15N3O/c13-6-9-3-4-10(5-11(9)14)15-7-12(16)8-1-2-8/h3-5,8,12,15-16H,1-2,7,14H2. The topological polar surface area (TPSA) is 82.1 Å². The van der Waals surface area contributed by atoms with Crippen LogP contribution in [0.2, 0.25) is 0 Å². The molecule has 1 aromatic rings. The number of nitrogen functional groups attached to an aromatic ring is 1. The molecular formula is C12H15N3O. The van der Waals surface area contributed by atoms with Gasteiger partial charge in [-0.3, -0.25) is 0 Å². The Morgan fingerprint density at radius 1 is 1.56 bits per heavy atom. The van der Waals surface area contributed by atoms with Gasteiger partial charge in [0.25, 0.3) is 0 Å². The van der Waals surface area contributed by atoms with Gasteiger partial charge >= 0.3 is 0 Å². The van der Waals surface area contributed by atoms with Gasteiger partial charge in [0.2, 0.25) is 0 Å². The van der Waals surface area contributed by atoms with Crippen LogP contribution in [-0.4, -0.2) is 17.8 Å². The number of nitrogens with two attached hydrogens (primary N) is 1. The van der Waals surface area contributed by atoms with Crippen LogP contribution in [0.3, 0.4) is 0 Å². The van der Waals surface area contributed by atoms with E-state index in [1.54, 1.807) is 18.2 Å². The number of nitrogens with zero attached hydrogens (tertiary/aromatic N) is 1. The molecule has 0 spiro atoms. The van der Waals surface area contributed by atoms with E-state index >= 15 is 0 Å². The summed E-state index contributed by atoms with van der Waals surface area (Å²) < 4.78 is 0. The lowest BCUT2D eigenvalue weighted by atomic mass is 10.1. The van der Waals surface area contributed by atoms with Crippen LogP contribution in [-0.2, 0) is 0 Å². The first-order valence-electron chi connectivity index (χ1n) is 5.42. The van der Waals surface area contributed by atoms with Gasteiger partial charge in [0.1, 0.15) is 6.07 Å². The van der Waals surface area contributed by atoms with Gasteiger partial charge in [0, 0.05) is 12.2 Å². The molecule has 4 nitrogen and oxygen atoms in total. The van der Waals surface area contributed by atoms with Crippen LogP contribution in [0.15, 0.2) is 18.2 Å². The summed E-state index contributed by atoms with van der Waals surface area (Å²) in [5.41, 5.74) is 7.48. The SMILES string of the molecule is N#Cc1ccc(NCC(O)C2CC2)cc1N. The Bertz CT molecular complexity index is 421. The van der Waals surface area contributed by atoms with Crippen molar-refractivity contribution in [3.8, 4) is 6.07 Å². The maximum absolute atomic E-state index is 9.67. The molecule has 1 fully saturated rings. The van der Waals surface area contributed by atoms with Crippen molar-refractivity contribution in [1.29, 1.82) is 5.26 Å². The van der Waals surface area contributed by atoms with E-state index in [0.29, 0.717) is 23.7 Å². The first-order chi connectivity index (χ1) is 7.70. The van der Waals surface area contributed by atoms with Gasteiger partial charge in [-0.05, 0) is 37.0 Å². The van der Waals surface area contributed by atoms with Gasteiger partial charge < -0.3 is 16.2 Å². The predicted molar refractivity (Wildman–Crippen MR) is 62.8 cm³/mol. The molecule has 1 atom stereocenters. The molecule has 1 aliphatic rings. The van der Waals surface area contributed by atoms with Crippen molar-refractivity contribution in [2.24, 2.45) is 5.92 Å². The second-order valence-corrected chi connectivity index (χ2v) is 4.20. The van der Waals surface area contributed by atoms with Crippen LogP contribution in [0.4, 0.5) is 11.4 Å². The number of hydrogen-bond donors (Lipinski definition) is 3. The lowest BCUT2D eigenvalue weighted by Gasteiger charge is -2.12. The lowest BCUT2D eigenvalue weighted by molar-refractivity contribution is 0.164. The van der Waals surface area contributed by atoms with E-state index < -0.39 is 0 Å². The summed E-state index contributed by atoms with van der Waals surface area (Å²) >= 11 is 0. The van der Waals surface area contributed by atoms with Gasteiger partial charge in [-0.2, -0.15) is 5.26 Å². The Hall–Kier alpha value is -1.73. The molecule has 2 rings (SSSR count). The number of benzene rings is 1. The minimum Gasteiger partial charge on any atom is -0.398 e. The van der Waals surface area contributed by atoms with E-state index in [-0.39, 0.29) is 6.10 Å². The summed E-state index contributed by atoms with van der Waals surface area (Å²) in [6.07, 6.45) is 1.97. The molecule has 1 aromatic carbocycles. The maximum Gasteiger partial charge on any atom is 0.101 e. The average molecular weight is 217 g/mol. The summed E-state index contributed by atoms with van der Waals surface area (Å²) in [5.74, 6) is 0.461. The van der Waals surface area contributed by atoms with E-state index in [1.165, 1.54) is 0 Å². The fourth-order valence-electron chi connectivity index (χ4n) is 1.64. The van der Waals surface area contributed by atoms with Crippen LogP contribution < -0.4 is 11.1 Å². The molecule has 0 radical (unpaired) electrons. The largest absolute Gasteiger partial charge is 0.398 e. The van der Waals surface area contributed by atoms with Gasteiger partial charge in [0.05, 0.1) is 17.4 Å². The van der Waals surface area contributed by atoms with E-state index in [1.807, 2.05) is 6.07 Å². The highest BCUT2D eigenvalue weighted by Gasteiger charge is 2.29. The first-order valence-corrected chi connectivity index (χ1v) is 5.42. The minimum absolute atomic E-state index is 0.281.